The van der Waals surface area contributed by atoms with Crippen LogP contribution in [0.1, 0.15) is 23.7 Å². The van der Waals surface area contributed by atoms with Gasteiger partial charge in [-0.3, -0.25) is 14.9 Å². The van der Waals surface area contributed by atoms with Gasteiger partial charge in [-0.05, 0) is 18.3 Å². The van der Waals surface area contributed by atoms with Crippen LogP contribution in [0.5, 0.6) is 0 Å². The average molecular weight is 317 g/mol. The topological polar surface area (TPSA) is 63.5 Å². The second-order valence-corrected chi connectivity index (χ2v) is 5.99. The van der Waals surface area contributed by atoms with Crippen molar-refractivity contribution in [3.8, 4) is 0 Å². The molecular weight excluding hydrogens is 303 g/mol. The van der Waals surface area contributed by atoms with Crippen LogP contribution in [-0.2, 0) is 0 Å². The molecule has 0 bridgehead atoms. The molecule has 1 aliphatic carbocycles. The highest BCUT2D eigenvalue weighted by Gasteiger charge is 2.34. The average Bonchev–Trinajstić information content (AvgIpc) is 3.06. The number of non-ortho nitro benzene ring substituents is 1. The summed E-state index contributed by atoms with van der Waals surface area (Å²) >= 11 is 11.8. The molecule has 5 nitrogen and oxygen atoms in total. The minimum atomic E-state index is -0.595. The van der Waals surface area contributed by atoms with E-state index in [4.69, 9.17) is 23.2 Å². The van der Waals surface area contributed by atoms with Gasteiger partial charge in [0.15, 0.2) is 0 Å². The zero-order valence-electron chi connectivity index (χ0n) is 11.1. The lowest BCUT2D eigenvalue weighted by Gasteiger charge is -2.18. The standard InChI is InChI=1S/C13H14Cl2N2O3/c1-7-3-8(7)6-16(2)13(18)10-4-9(17(19)20)5-11(14)12(10)15/h4-5,7-8H,3,6H2,1-2H3. The summed E-state index contributed by atoms with van der Waals surface area (Å²) in [6, 6.07) is 2.31. The Morgan fingerprint density at radius 2 is 2.10 bits per heavy atom. The maximum absolute atomic E-state index is 12.3. The van der Waals surface area contributed by atoms with Gasteiger partial charge in [0.05, 0.1) is 20.5 Å². The Kier molecular flexibility index (Phi) is 4.20. The van der Waals surface area contributed by atoms with E-state index in [-0.39, 0.29) is 27.2 Å². The summed E-state index contributed by atoms with van der Waals surface area (Å²) in [5.41, 5.74) is -0.169. The van der Waals surface area contributed by atoms with Crippen molar-refractivity contribution in [1.82, 2.24) is 4.90 Å². The van der Waals surface area contributed by atoms with Crippen molar-refractivity contribution in [3.63, 3.8) is 0 Å². The molecule has 1 fully saturated rings. The molecular formula is C13H14Cl2N2O3. The predicted octanol–water partition coefficient (Wildman–Crippen LogP) is 3.63. The third-order valence-electron chi connectivity index (χ3n) is 3.59. The predicted molar refractivity (Wildman–Crippen MR) is 77.3 cm³/mol. The number of amides is 1. The van der Waals surface area contributed by atoms with E-state index in [1.165, 1.54) is 11.0 Å². The van der Waals surface area contributed by atoms with Crippen LogP contribution in [0, 0.1) is 22.0 Å². The van der Waals surface area contributed by atoms with E-state index in [9.17, 15) is 14.9 Å². The third kappa shape index (κ3) is 3.04. The Morgan fingerprint density at radius 3 is 2.60 bits per heavy atom. The van der Waals surface area contributed by atoms with E-state index < -0.39 is 4.92 Å². The maximum atomic E-state index is 12.3. The smallest absolute Gasteiger partial charge is 0.271 e. The summed E-state index contributed by atoms with van der Waals surface area (Å²) in [5.74, 6) is 0.769. The third-order valence-corrected chi connectivity index (χ3v) is 4.39. The van der Waals surface area contributed by atoms with Crippen molar-refractivity contribution in [2.45, 2.75) is 13.3 Å². The summed E-state index contributed by atoms with van der Waals surface area (Å²) in [4.78, 5) is 24.1. The number of carbonyl (C=O) groups is 1. The van der Waals surface area contributed by atoms with Crippen LogP contribution < -0.4 is 0 Å². The van der Waals surface area contributed by atoms with Crippen LogP contribution in [0.4, 0.5) is 5.69 Å². The van der Waals surface area contributed by atoms with Crippen molar-refractivity contribution in [1.29, 1.82) is 0 Å². The van der Waals surface area contributed by atoms with Gasteiger partial charge in [0, 0.05) is 25.7 Å². The summed E-state index contributed by atoms with van der Waals surface area (Å²) in [7, 11) is 1.66. The van der Waals surface area contributed by atoms with Crippen molar-refractivity contribution in [2.75, 3.05) is 13.6 Å². The van der Waals surface area contributed by atoms with Crippen molar-refractivity contribution in [2.24, 2.45) is 11.8 Å². The highest BCUT2D eigenvalue weighted by Crippen LogP contribution is 2.38. The Bertz CT molecular complexity index is 577. The zero-order chi connectivity index (χ0) is 15.0. The fraction of sp³-hybridized carbons (Fsp3) is 0.462. The molecule has 0 aliphatic heterocycles. The fourth-order valence-corrected chi connectivity index (χ4v) is 2.53. The monoisotopic (exact) mass is 316 g/mol. The van der Waals surface area contributed by atoms with Crippen LogP contribution in [0.15, 0.2) is 12.1 Å². The van der Waals surface area contributed by atoms with Crippen LogP contribution >= 0.6 is 23.2 Å². The lowest BCUT2D eigenvalue weighted by atomic mass is 10.1. The Morgan fingerprint density at radius 1 is 1.50 bits per heavy atom. The Hall–Kier alpha value is -1.33. The molecule has 20 heavy (non-hydrogen) atoms. The number of hydrogen-bond donors (Lipinski definition) is 0. The first-order valence-electron chi connectivity index (χ1n) is 6.20. The van der Waals surface area contributed by atoms with Gasteiger partial charge in [-0.2, -0.15) is 0 Å². The van der Waals surface area contributed by atoms with E-state index in [1.54, 1.807) is 7.05 Å². The molecule has 0 radical (unpaired) electrons. The van der Waals surface area contributed by atoms with Crippen molar-refractivity contribution < 1.29 is 9.72 Å². The number of nitro benzene ring substituents is 1. The highest BCUT2D eigenvalue weighted by molar-refractivity contribution is 6.44. The van der Waals surface area contributed by atoms with Crippen molar-refractivity contribution in [3.05, 3.63) is 37.9 Å². The van der Waals surface area contributed by atoms with Gasteiger partial charge >= 0.3 is 0 Å². The molecule has 0 aromatic heterocycles. The van der Waals surface area contributed by atoms with E-state index in [2.05, 4.69) is 6.92 Å². The van der Waals surface area contributed by atoms with E-state index >= 15 is 0 Å². The maximum Gasteiger partial charge on any atom is 0.271 e. The molecule has 7 heteroatoms. The van der Waals surface area contributed by atoms with Gasteiger partial charge in [0.2, 0.25) is 0 Å². The summed E-state index contributed by atoms with van der Waals surface area (Å²) in [6.07, 6.45) is 1.10. The molecule has 1 aromatic carbocycles. The largest absolute Gasteiger partial charge is 0.341 e. The van der Waals surface area contributed by atoms with E-state index in [0.717, 1.165) is 12.5 Å². The quantitative estimate of drug-likeness (QED) is 0.629. The second-order valence-electron chi connectivity index (χ2n) is 5.20. The SMILES string of the molecule is CC1CC1CN(C)C(=O)c1cc([N+](=O)[O-])cc(Cl)c1Cl. The molecule has 1 aliphatic rings. The molecule has 0 spiro atoms. The number of rotatable bonds is 4. The zero-order valence-corrected chi connectivity index (χ0v) is 12.6. The molecule has 0 N–H and O–H groups in total. The lowest BCUT2D eigenvalue weighted by Crippen LogP contribution is -2.29. The lowest BCUT2D eigenvalue weighted by molar-refractivity contribution is -0.384. The van der Waals surface area contributed by atoms with Crippen LogP contribution in [0.25, 0.3) is 0 Å². The molecule has 0 saturated heterocycles. The number of nitro groups is 1. The number of hydrogen-bond acceptors (Lipinski definition) is 3. The molecule has 0 heterocycles. The molecule has 1 amide bonds. The number of nitrogens with zero attached hydrogens (tertiary/aromatic N) is 2. The molecule has 2 unspecified atom stereocenters. The molecule has 2 rings (SSSR count). The normalized spacial score (nSPS) is 20.6. The summed E-state index contributed by atoms with van der Waals surface area (Å²) < 4.78 is 0. The van der Waals surface area contributed by atoms with Crippen LogP contribution in [-0.4, -0.2) is 29.3 Å². The minimum absolute atomic E-state index is 0.0115. The van der Waals surface area contributed by atoms with Gasteiger partial charge in [-0.1, -0.05) is 30.1 Å². The summed E-state index contributed by atoms with van der Waals surface area (Å²) in [5, 5.41) is 10.9. The number of benzene rings is 1. The van der Waals surface area contributed by atoms with Crippen molar-refractivity contribution >= 4 is 34.8 Å². The first kappa shape index (κ1) is 15.1. The fourth-order valence-electron chi connectivity index (χ4n) is 2.13. The summed E-state index contributed by atoms with van der Waals surface area (Å²) in [6.45, 7) is 2.75. The van der Waals surface area contributed by atoms with E-state index in [0.29, 0.717) is 18.4 Å². The minimum Gasteiger partial charge on any atom is -0.341 e. The van der Waals surface area contributed by atoms with Crippen LogP contribution in [0.2, 0.25) is 10.0 Å². The van der Waals surface area contributed by atoms with Gasteiger partial charge in [-0.25, -0.2) is 0 Å². The molecule has 1 saturated carbocycles. The second kappa shape index (κ2) is 5.58. The van der Waals surface area contributed by atoms with E-state index in [1.807, 2.05) is 0 Å². The molecule has 108 valence electrons. The van der Waals surface area contributed by atoms with Gasteiger partial charge in [0.1, 0.15) is 0 Å². The van der Waals surface area contributed by atoms with Gasteiger partial charge < -0.3 is 4.90 Å². The van der Waals surface area contributed by atoms with Crippen LogP contribution in [0.3, 0.4) is 0 Å². The number of carbonyl (C=O) groups excluding carboxylic acids is 1. The molecule has 2 atom stereocenters. The first-order chi connectivity index (χ1) is 9.31. The van der Waals surface area contributed by atoms with Gasteiger partial charge in [-0.15, -0.1) is 0 Å². The number of halogens is 2. The Balaban J connectivity index is 2.26. The first-order valence-corrected chi connectivity index (χ1v) is 6.95. The molecule has 1 aromatic rings. The van der Waals surface area contributed by atoms with Gasteiger partial charge in [0.25, 0.3) is 11.6 Å². The Labute approximate surface area is 126 Å². The highest BCUT2D eigenvalue weighted by atomic mass is 35.5.